The predicted molar refractivity (Wildman–Crippen MR) is 103 cm³/mol. The van der Waals surface area contributed by atoms with Crippen LogP contribution >= 0.6 is 0 Å². The Morgan fingerprint density at radius 1 is 1.11 bits per heavy atom. The second kappa shape index (κ2) is 10.0. The van der Waals surface area contributed by atoms with Crippen molar-refractivity contribution in [1.29, 1.82) is 0 Å². The second-order valence-electron chi connectivity index (χ2n) is 6.73. The highest BCUT2D eigenvalue weighted by Gasteiger charge is 2.24. The molecule has 1 N–H and O–H groups in total. The van der Waals surface area contributed by atoms with Crippen molar-refractivity contribution in [1.82, 2.24) is 10.2 Å². The summed E-state index contributed by atoms with van der Waals surface area (Å²) >= 11 is 0. The molecule has 2 heterocycles. The lowest BCUT2D eigenvalue weighted by molar-refractivity contribution is -0.123. The highest BCUT2D eigenvalue weighted by molar-refractivity contribution is 5.77. The van der Waals surface area contributed by atoms with Crippen molar-refractivity contribution in [3.05, 3.63) is 48.4 Å². The Kier molecular flexibility index (Phi) is 7.16. The zero-order chi connectivity index (χ0) is 18.9. The van der Waals surface area contributed by atoms with Crippen molar-refractivity contribution in [3.8, 4) is 11.5 Å². The van der Waals surface area contributed by atoms with Crippen LogP contribution < -0.4 is 14.8 Å². The minimum absolute atomic E-state index is 0.0494. The Morgan fingerprint density at radius 2 is 1.85 bits per heavy atom. The number of carbonyl (C=O) groups excluding carboxylic acids is 1. The molecule has 3 rings (SSSR count). The van der Waals surface area contributed by atoms with Gasteiger partial charge in [0.1, 0.15) is 5.76 Å². The van der Waals surface area contributed by atoms with Gasteiger partial charge in [-0.05, 0) is 50.2 Å². The number of furan rings is 1. The highest BCUT2D eigenvalue weighted by Crippen LogP contribution is 2.26. The van der Waals surface area contributed by atoms with Crippen LogP contribution in [0.2, 0.25) is 0 Å². The first-order valence-electron chi connectivity index (χ1n) is 9.58. The van der Waals surface area contributed by atoms with Crippen molar-refractivity contribution in [2.75, 3.05) is 33.4 Å². The molecule has 0 saturated carbocycles. The summed E-state index contributed by atoms with van der Waals surface area (Å²) in [6.45, 7) is 2.50. The number of para-hydroxylation sites is 2. The average Bonchev–Trinajstić information content (AvgIpc) is 3.09. The Balaban J connectivity index is 1.55. The van der Waals surface area contributed by atoms with Crippen LogP contribution in [0.25, 0.3) is 0 Å². The number of methoxy groups -OCH3 is 1. The Hall–Kier alpha value is -2.47. The van der Waals surface area contributed by atoms with Gasteiger partial charge in [-0.1, -0.05) is 25.0 Å². The fourth-order valence-electron chi connectivity index (χ4n) is 3.44. The monoisotopic (exact) mass is 372 g/mol. The van der Waals surface area contributed by atoms with Gasteiger partial charge in [-0.2, -0.15) is 0 Å². The van der Waals surface area contributed by atoms with Crippen LogP contribution in [-0.4, -0.2) is 44.2 Å². The number of benzene rings is 1. The molecule has 1 aliphatic rings. The summed E-state index contributed by atoms with van der Waals surface area (Å²) in [5.41, 5.74) is 0. The fraction of sp³-hybridized carbons (Fsp3) is 0.476. The second-order valence-corrected chi connectivity index (χ2v) is 6.73. The van der Waals surface area contributed by atoms with Gasteiger partial charge in [0.2, 0.25) is 0 Å². The molecule has 1 aliphatic heterocycles. The lowest BCUT2D eigenvalue weighted by Gasteiger charge is -2.29. The topological polar surface area (TPSA) is 63.9 Å². The van der Waals surface area contributed by atoms with Crippen molar-refractivity contribution < 1.29 is 18.7 Å². The van der Waals surface area contributed by atoms with Crippen LogP contribution in [0.5, 0.6) is 11.5 Å². The van der Waals surface area contributed by atoms with E-state index in [1.165, 1.54) is 25.7 Å². The van der Waals surface area contributed by atoms with Gasteiger partial charge in [0.25, 0.3) is 5.91 Å². The standard InChI is InChI=1S/C21H28N2O4/c1-25-19-9-4-5-10-20(19)27-16-21(24)22-15-17(18-11-8-14-26-18)23-12-6-2-3-7-13-23/h4-5,8-11,14,17H,2-3,6-7,12-13,15-16H2,1H3,(H,22,24). The lowest BCUT2D eigenvalue weighted by Crippen LogP contribution is -2.40. The SMILES string of the molecule is COc1ccccc1OCC(=O)NCC(c1ccco1)N1CCCCCC1. The molecule has 1 aromatic carbocycles. The maximum Gasteiger partial charge on any atom is 0.258 e. The van der Waals surface area contributed by atoms with Crippen LogP contribution in [-0.2, 0) is 4.79 Å². The lowest BCUT2D eigenvalue weighted by atomic mass is 10.1. The van der Waals surface area contributed by atoms with Crippen LogP contribution in [0.1, 0.15) is 37.5 Å². The number of hydrogen-bond acceptors (Lipinski definition) is 5. The van der Waals surface area contributed by atoms with Gasteiger partial charge >= 0.3 is 0 Å². The molecular weight excluding hydrogens is 344 g/mol. The number of ether oxygens (including phenoxy) is 2. The van der Waals surface area contributed by atoms with Crippen molar-refractivity contribution >= 4 is 5.91 Å². The molecule has 6 nitrogen and oxygen atoms in total. The summed E-state index contributed by atoms with van der Waals surface area (Å²) in [5, 5.41) is 2.99. The van der Waals surface area contributed by atoms with E-state index in [0.29, 0.717) is 18.0 Å². The van der Waals surface area contributed by atoms with E-state index in [4.69, 9.17) is 13.9 Å². The number of nitrogens with one attached hydrogen (secondary N) is 1. The molecule has 1 saturated heterocycles. The molecule has 6 heteroatoms. The third-order valence-electron chi connectivity index (χ3n) is 4.87. The van der Waals surface area contributed by atoms with Crippen LogP contribution in [0.4, 0.5) is 0 Å². The highest BCUT2D eigenvalue weighted by atomic mass is 16.5. The largest absolute Gasteiger partial charge is 0.493 e. The van der Waals surface area contributed by atoms with Gasteiger partial charge in [-0.3, -0.25) is 9.69 Å². The van der Waals surface area contributed by atoms with E-state index in [1.54, 1.807) is 25.5 Å². The molecule has 0 spiro atoms. The van der Waals surface area contributed by atoms with Crippen LogP contribution in [0, 0.1) is 0 Å². The van der Waals surface area contributed by atoms with E-state index in [9.17, 15) is 4.79 Å². The van der Waals surface area contributed by atoms with Crippen molar-refractivity contribution in [3.63, 3.8) is 0 Å². The molecule has 1 atom stereocenters. The molecule has 2 aromatic rings. The van der Waals surface area contributed by atoms with Crippen LogP contribution in [0.15, 0.2) is 47.1 Å². The first kappa shape index (κ1) is 19.3. The number of nitrogens with zero attached hydrogens (tertiary/aromatic N) is 1. The molecule has 1 fully saturated rings. The maximum absolute atomic E-state index is 12.3. The zero-order valence-electron chi connectivity index (χ0n) is 15.9. The Labute approximate surface area is 160 Å². The molecule has 27 heavy (non-hydrogen) atoms. The van der Waals surface area contributed by atoms with E-state index in [-0.39, 0.29) is 18.6 Å². The third kappa shape index (κ3) is 5.50. The summed E-state index contributed by atoms with van der Waals surface area (Å²) in [7, 11) is 1.58. The molecule has 0 aliphatic carbocycles. The molecular formula is C21H28N2O4. The Morgan fingerprint density at radius 3 is 2.52 bits per heavy atom. The van der Waals surface area contributed by atoms with Gasteiger partial charge < -0.3 is 19.2 Å². The minimum atomic E-state index is -0.160. The number of carbonyl (C=O) groups is 1. The minimum Gasteiger partial charge on any atom is -0.493 e. The summed E-state index contributed by atoms with van der Waals surface area (Å²) in [5.74, 6) is 1.91. The number of likely N-dealkylation sites (tertiary alicyclic amines) is 1. The first-order valence-corrected chi connectivity index (χ1v) is 9.58. The van der Waals surface area contributed by atoms with Gasteiger partial charge in [0, 0.05) is 6.54 Å². The van der Waals surface area contributed by atoms with E-state index < -0.39 is 0 Å². The van der Waals surface area contributed by atoms with Gasteiger partial charge in [0.15, 0.2) is 18.1 Å². The van der Waals surface area contributed by atoms with Crippen LogP contribution in [0.3, 0.4) is 0 Å². The smallest absolute Gasteiger partial charge is 0.258 e. The summed E-state index contributed by atoms with van der Waals surface area (Å²) in [4.78, 5) is 14.7. The number of rotatable bonds is 8. The average molecular weight is 372 g/mol. The molecule has 146 valence electrons. The number of hydrogen-bond donors (Lipinski definition) is 1. The van der Waals surface area contributed by atoms with E-state index in [0.717, 1.165) is 18.8 Å². The van der Waals surface area contributed by atoms with E-state index >= 15 is 0 Å². The molecule has 0 radical (unpaired) electrons. The first-order chi connectivity index (χ1) is 13.3. The van der Waals surface area contributed by atoms with Crippen molar-refractivity contribution in [2.45, 2.75) is 31.7 Å². The third-order valence-corrected chi connectivity index (χ3v) is 4.87. The van der Waals surface area contributed by atoms with Gasteiger partial charge in [-0.25, -0.2) is 0 Å². The predicted octanol–water partition coefficient (Wildman–Crippen LogP) is 3.40. The molecule has 1 unspecified atom stereocenters. The molecule has 1 amide bonds. The Bertz CT molecular complexity index is 694. The fourth-order valence-corrected chi connectivity index (χ4v) is 3.44. The van der Waals surface area contributed by atoms with Crippen molar-refractivity contribution in [2.24, 2.45) is 0 Å². The van der Waals surface area contributed by atoms with E-state index in [2.05, 4.69) is 10.2 Å². The summed E-state index contributed by atoms with van der Waals surface area (Å²) in [6.07, 6.45) is 6.58. The zero-order valence-corrected chi connectivity index (χ0v) is 15.9. The van der Waals surface area contributed by atoms with Gasteiger partial charge in [-0.15, -0.1) is 0 Å². The quantitative estimate of drug-likeness (QED) is 0.769. The maximum atomic E-state index is 12.3. The van der Waals surface area contributed by atoms with Gasteiger partial charge in [0.05, 0.1) is 19.4 Å². The molecule has 1 aromatic heterocycles. The summed E-state index contributed by atoms with van der Waals surface area (Å²) in [6, 6.07) is 11.2. The molecule has 0 bridgehead atoms. The normalized spacial score (nSPS) is 16.3. The number of amides is 1. The summed E-state index contributed by atoms with van der Waals surface area (Å²) < 4.78 is 16.5. The van der Waals surface area contributed by atoms with E-state index in [1.807, 2.05) is 24.3 Å².